The van der Waals surface area contributed by atoms with Gasteiger partial charge in [0, 0.05) is 45.1 Å². The third-order valence-corrected chi connectivity index (χ3v) is 6.46. The lowest BCUT2D eigenvalue weighted by atomic mass is 9.85. The molecule has 1 aromatic rings. The van der Waals surface area contributed by atoms with E-state index >= 15 is 0 Å². The van der Waals surface area contributed by atoms with Crippen LogP contribution < -0.4 is 0 Å². The molecule has 0 saturated carbocycles. The van der Waals surface area contributed by atoms with E-state index in [4.69, 9.17) is 0 Å². The van der Waals surface area contributed by atoms with Gasteiger partial charge in [-0.3, -0.25) is 14.7 Å². The quantitative estimate of drug-likeness (QED) is 0.644. The Bertz CT molecular complexity index is 670. The average molecular weight is 387 g/mol. The van der Waals surface area contributed by atoms with Crippen LogP contribution in [0.4, 0.5) is 4.79 Å². The van der Waals surface area contributed by atoms with E-state index in [1.807, 2.05) is 30.2 Å². The van der Waals surface area contributed by atoms with E-state index in [0.717, 1.165) is 50.9 Å². The first-order valence-electron chi connectivity index (χ1n) is 10.8. The van der Waals surface area contributed by atoms with Crippen molar-refractivity contribution in [1.29, 1.82) is 0 Å². The predicted octanol–water partition coefficient (Wildman–Crippen LogP) is 3.18. The summed E-state index contributed by atoms with van der Waals surface area (Å²) >= 11 is 0. The Morgan fingerprint density at radius 2 is 1.96 bits per heavy atom. The normalized spacial score (nSPS) is 21.0. The Balaban J connectivity index is 1.62. The van der Waals surface area contributed by atoms with Crippen LogP contribution in [0.2, 0.25) is 0 Å². The average Bonchev–Trinajstić information content (AvgIpc) is 2.91. The number of hydrogen-bond donors (Lipinski definition) is 0. The molecule has 2 aliphatic rings. The maximum atomic E-state index is 13.3. The summed E-state index contributed by atoms with van der Waals surface area (Å²) in [7, 11) is 0. The van der Waals surface area contributed by atoms with Crippen molar-refractivity contribution in [1.82, 2.24) is 19.7 Å². The Morgan fingerprint density at radius 3 is 2.57 bits per heavy atom. The molecule has 6 heteroatoms. The Morgan fingerprint density at radius 1 is 1.21 bits per heavy atom. The summed E-state index contributed by atoms with van der Waals surface area (Å²) in [6.07, 6.45) is 7.88. The molecule has 154 valence electrons. The van der Waals surface area contributed by atoms with Gasteiger partial charge in [-0.2, -0.15) is 0 Å². The van der Waals surface area contributed by atoms with Crippen LogP contribution in [0.25, 0.3) is 0 Å². The first-order chi connectivity index (χ1) is 13.5. The molecule has 0 aromatic carbocycles. The van der Waals surface area contributed by atoms with Gasteiger partial charge < -0.3 is 9.80 Å². The molecule has 2 fully saturated rings. The summed E-state index contributed by atoms with van der Waals surface area (Å²) in [5.41, 5.74) is 0.522. The van der Waals surface area contributed by atoms with Crippen molar-refractivity contribution < 1.29 is 9.59 Å². The molecular weight excluding hydrogens is 352 g/mol. The zero-order chi connectivity index (χ0) is 20.1. The minimum atomic E-state index is -0.619. The molecular formula is C22H34N4O2. The first kappa shape index (κ1) is 20.8. The van der Waals surface area contributed by atoms with Crippen molar-refractivity contribution in [2.75, 3.05) is 32.7 Å². The van der Waals surface area contributed by atoms with Crippen molar-refractivity contribution in [3.63, 3.8) is 0 Å². The highest BCUT2D eigenvalue weighted by atomic mass is 16.2. The highest BCUT2D eigenvalue weighted by molar-refractivity contribution is 6.07. The molecule has 6 nitrogen and oxygen atoms in total. The van der Waals surface area contributed by atoms with Crippen molar-refractivity contribution in [2.45, 2.75) is 58.4 Å². The molecule has 0 aliphatic carbocycles. The maximum absolute atomic E-state index is 13.3. The number of hydrogen-bond acceptors (Lipinski definition) is 4. The molecule has 1 spiro atoms. The number of aromatic nitrogens is 1. The molecule has 28 heavy (non-hydrogen) atoms. The number of likely N-dealkylation sites (N-methyl/N-ethyl adjacent to an activating group) is 1. The van der Waals surface area contributed by atoms with Gasteiger partial charge >= 0.3 is 6.03 Å². The Kier molecular flexibility index (Phi) is 6.70. The number of imide groups is 1. The smallest absolute Gasteiger partial charge is 0.310 e. The molecule has 2 aliphatic heterocycles. The van der Waals surface area contributed by atoms with Crippen LogP contribution >= 0.6 is 0 Å². The summed E-state index contributed by atoms with van der Waals surface area (Å²) in [6, 6.07) is 3.85. The first-order valence-corrected chi connectivity index (χ1v) is 10.8. The number of likely N-dealkylation sites (tertiary alicyclic amines) is 1. The molecule has 1 aromatic heterocycles. The minimum absolute atomic E-state index is 0.0220. The lowest BCUT2D eigenvalue weighted by molar-refractivity contribution is -0.135. The standard InChI is InChI=1S/C22H34N4O2/c1-4-18(3)17-24-14-10-22(11-15-24)20(27)25(21(28)26(22)5-2)13-7-9-19-8-6-12-23-16-19/h6,8,12,16,18H,4-5,7,9-11,13-15,17H2,1-3H3/t18-/m1/s1. The maximum Gasteiger partial charge on any atom is 0.327 e. The lowest BCUT2D eigenvalue weighted by Gasteiger charge is -2.42. The zero-order valence-corrected chi connectivity index (χ0v) is 17.6. The number of piperidine rings is 1. The van der Waals surface area contributed by atoms with Gasteiger partial charge in [0.1, 0.15) is 5.54 Å². The number of carbonyl (C=O) groups is 2. The van der Waals surface area contributed by atoms with Crippen LogP contribution in [0.3, 0.4) is 0 Å². The zero-order valence-electron chi connectivity index (χ0n) is 17.6. The van der Waals surface area contributed by atoms with E-state index < -0.39 is 5.54 Å². The number of nitrogens with zero attached hydrogens (tertiary/aromatic N) is 4. The van der Waals surface area contributed by atoms with Crippen LogP contribution in [0.5, 0.6) is 0 Å². The van der Waals surface area contributed by atoms with Gasteiger partial charge in [0.25, 0.3) is 5.91 Å². The predicted molar refractivity (Wildman–Crippen MR) is 110 cm³/mol. The monoisotopic (exact) mass is 386 g/mol. The Hall–Kier alpha value is -1.95. The molecule has 0 bridgehead atoms. The topological polar surface area (TPSA) is 56.8 Å². The van der Waals surface area contributed by atoms with E-state index in [9.17, 15) is 9.59 Å². The summed E-state index contributed by atoms with van der Waals surface area (Å²) in [5.74, 6) is 0.690. The summed E-state index contributed by atoms with van der Waals surface area (Å²) < 4.78 is 0. The number of rotatable bonds is 8. The third-order valence-electron chi connectivity index (χ3n) is 6.46. The molecule has 0 unspecified atom stereocenters. The lowest BCUT2D eigenvalue weighted by Crippen LogP contribution is -2.56. The summed E-state index contributed by atoms with van der Waals surface area (Å²) in [6.45, 7) is 10.4. The molecule has 1 atom stereocenters. The van der Waals surface area contributed by atoms with E-state index in [0.29, 0.717) is 19.0 Å². The van der Waals surface area contributed by atoms with Crippen molar-refractivity contribution >= 4 is 11.9 Å². The van der Waals surface area contributed by atoms with Crippen LogP contribution in [-0.4, -0.2) is 69.9 Å². The highest BCUT2D eigenvalue weighted by Crippen LogP contribution is 2.37. The van der Waals surface area contributed by atoms with E-state index in [2.05, 4.69) is 23.7 Å². The third kappa shape index (κ3) is 4.07. The number of urea groups is 1. The largest absolute Gasteiger partial charge is 0.327 e. The van der Waals surface area contributed by atoms with Gasteiger partial charge in [0.2, 0.25) is 0 Å². The number of aryl methyl sites for hydroxylation is 1. The number of carbonyl (C=O) groups excluding carboxylic acids is 2. The fourth-order valence-corrected chi connectivity index (χ4v) is 4.56. The van der Waals surface area contributed by atoms with Crippen LogP contribution in [0.15, 0.2) is 24.5 Å². The van der Waals surface area contributed by atoms with Gasteiger partial charge in [-0.05, 0) is 50.2 Å². The second-order valence-electron chi connectivity index (χ2n) is 8.29. The molecule has 0 N–H and O–H groups in total. The number of amides is 3. The number of pyridine rings is 1. The minimum Gasteiger partial charge on any atom is -0.310 e. The molecule has 3 rings (SSSR count). The summed E-state index contributed by atoms with van der Waals surface area (Å²) in [4.78, 5) is 36.2. The van der Waals surface area contributed by atoms with Crippen LogP contribution in [-0.2, 0) is 11.2 Å². The van der Waals surface area contributed by atoms with E-state index in [-0.39, 0.29) is 11.9 Å². The van der Waals surface area contributed by atoms with Gasteiger partial charge in [-0.15, -0.1) is 0 Å². The highest BCUT2D eigenvalue weighted by Gasteiger charge is 2.57. The van der Waals surface area contributed by atoms with Crippen molar-refractivity contribution in [3.8, 4) is 0 Å². The van der Waals surface area contributed by atoms with Gasteiger partial charge in [0.05, 0.1) is 0 Å². The fraction of sp³-hybridized carbons (Fsp3) is 0.682. The second kappa shape index (κ2) is 9.03. The van der Waals surface area contributed by atoms with Gasteiger partial charge in [-0.25, -0.2) is 4.79 Å². The molecule has 2 saturated heterocycles. The van der Waals surface area contributed by atoms with E-state index in [1.54, 1.807) is 6.20 Å². The van der Waals surface area contributed by atoms with Crippen molar-refractivity contribution in [2.24, 2.45) is 5.92 Å². The van der Waals surface area contributed by atoms with Crippen LogP contribution in [0, 0.1) is 5.92 Å². The molecule has 0 radical (unpaired) electrons. The molecule has 3 amide bonds. The van der Waals surface area contributed by atoms with Crippen LogP contribution in [0.1, 0.15) is 52.0 Å². The second-order valence-corrected chi connectivity index (χ2v) is 8.29. The van der Waals surface area contributed by atoms with E-state index in [1.165, 1.54) is 11.3 Å². The Labute approximate surface area is 168 Å². The SMILES string of the molecule is CC[C@@H](C)CN1CCC2(CC1)C(=O)N(CCCc1cccnc1)C(=O)N2CC. The van der Waals surface area contributed by atoms with Gasteiger partial charge in [0.15, 0.2) is 0 Å². The van der Waals surface area contributed by atoms with Crippen molar-refractivity contribution in [3.05, 3.63) is 30.1 Å². The fourth-order valence-electron chi connectivity index (χ4n) is 4.56. The molecule has 3 heterocycles. The van der Waals surface area contributed by atoms with Gasteiger partial charge in [-0.1, -0.05) is 26.3 Å². The summed E-state index contributed by atoms with van der Waals surface area (Å²) in [5, 5.41) is 0.